The van der Waals surface area contributed by atoms with E-state index in [1.54, 1.807) is 50.5 Å². The minimum Gasteiger partial charge on any atom is -0.462 e. The van der Waals surface area contributed by atoms with Crippen molar-refractivity contribution in [3.05, 3.63) is 80.2 Å². The van der Waals surface area contributed by atoms with Gasteiger partial charge < -0.3 is 29.4 Å². The maximum Gasteiger partial charge on any atom is 2.00 e. The van der Waals surface area contributed by atoms with E-state index in [2.05, 4.69) is 29.9 Å². The Morgan fingerprint density at radius 1 is 0.974 bits per heavy atom. The number of hydrogen-bond donors (Lipinski definition) is 0. The third-order valence-electron chi connectivity index (χ3n) is 5.06. The molecule has 4 aromatic rings. The molecule has 0 aliphatic carbocycles. The predicted molar refractivity (Wildman–Crippen MR) is 138 cm³/mol. The Kier molecular flexibility index (Phi) is 9.91. The Bertz CT molecular complexity index is 1520. The second-order valence-electron chi connectivity index (χ2n) is 8.01. The number of esters is 2. The smallest absolute Gasteiger partial charge is 0.462 e. The van der Waals surface area contributed by atoms with Crippen LogP contribution in [0.1, 0.15) is 58.4 Å². The first-order chi connectivity index (χ1) is 17.8. The molecular weight excluding hydrogens is 571 g/mol. The summed E-state index contributed by atoms with van der Waals surface area (Å²) in [6, 6.07) is 10.7. The molecule has 0 unspecified atom stereocenters. The maximum absolute atomic E-state index is 12.9. The molecule has 0 aliphatic rings. The molecule has 0 saturated carbocycles. The van der Waals surface area contributed by atoms with Gasteiger partial charge in [0.05, 0.1) is 24.7 Å². The van der Waals surface area contributed by atoms with Crippen molar-refractivity contribution in [2.45, 2.75) is 33.1 Å². The summed E-state index contributed by atoms with van der Waals surface area (Å²) in [5.41, 5.74) is 0.206. The monoisotopic (exact) mass is 595 g/mol. The van der Waals surface area contributed by atoms with Crippen LogP contribution in [0.4, 0.5) is 10.9 Å². The first-order valence-corrected chi connectivity index (χ1v) is 13.1. The Hall–Kier alpha value is -3.39. The fourth-order valence-electron chi connectivity index (χ4n) is 3.38. The van der Waals surface area contributed by atoms with Gasteiger partial charge in [-0.2, -0.15) is 0 Å². The van der Waals surface area contributed by atoms with E-state index >= 15 is 0 Å². The zero-order chi connectivity index (χ0) is 26.4. The minimum atomic E-state index is -1.01. The van der Waals surface area contributed by atoms with Gasteiger partial charge in [0, 0.05) is 16.4 Å². The summed E-state index contributed by atoms with van der Waals surface area (Å²) >= 11 is 2.18. The summed E-state index contributed by atoms with van der Waals surface area (Å²) in [6.45, 7) is 7.51. The Balaban J connectivity index is 0.00000400. The summed E-state index contributed by atoms with van der Waals surface area (Å²) < 4.78 is 10.6. The summed E-state index contributed by atoms with van der Waals surface area (Å²) in [7, 11) is 0. The van der Waals surface area contributed by atoms with E-state index in [1.165, 1.54) is 0 Å². The van der Waals surface area contributed by atoms with E-state index in [0.717, 1.165) is 22.7 Å². The molecule has 1 radical (unpaired) electrons. The standard InChI is InChI=1S/C25H26N6O4S2.Co/c1-5-34-21(32)17-19(30-23(36-17)28-15-11-7-9-13-26-15)25(3,4)20-18(22(33)35-6-2)37-24(31-20)29-16-12-8-10-14-27-16;/h7-14H,5-6H2,1-4H3,(H2,26,27,28,29,30,31,32,33);/q;+2/p-2. The number of carbonyl (C=O) groups excluding carboxylic acids is 2. The maximum atomic E-state index is 12.9. The Morgan fingerprint density at radius 2 is 1.68 bits per heavy atom. The van der Waals surface area contributed by atoms with Crippen LogP contribution in [0, 0.1) is 0 Å². The average Bonchev–Trinajstić information content (AvgIpc) is 3.51. The van der Waals surface area contributed by atoms with Crippen LogP contribution in [-0.2, 0) is 31.7 Å². The van der Waals surface area contributed by atoms with Crippen LogP contribution < -0.4 is 20.3 Å². The van der Waals surface area contributed by atoms with E-state index in [1.807, 2.05) is 26.0 Å². The van der Waals surface area contributed by atoms with Crippen molar-refractivity contribution in [1.29, 1.82) is 0 Å². The van der Waals surface area contributed by atoms with Gasteiger partial charge in [-0.1, -0.05) is 49.8 Å². The molecule has 0 N–H and O–H groups in total. The van der Waals surface area contributed by atoms with Gasteiger partial charge >= 0.3 is 28.7 Å². The van der Waals surface area contributed by atoms with Crippen LogP contribution in [0.15, 0.2) is 58.8 Å². The van der Waals surface area contributed by atoms with Crippen LogP contribution in [0.25, 0.3) is 0 Å². The van der Waals surface area contributed by atoms with E-state index in [0.29, 0.717) is 32.6 Å². The number of thiazole rings is 2. The molecule has 4 aromatic heterocycles. The van der Waals surface area contributed by atoms with Crippen molar-refractivity contribution in [3.63, 3.8) is 0 Å². The van der Waals surface area contributed by atoms with Crippen LogP contribution in [-0.4, -0.2) is 35.1 Å². The van der Waals surface area contributed by atoms with Crippen LogP contribution in [0.2, 0.25) is 0 Å². The number of pyridine rings is 2. The Labute approximate surface area is 237 Å². The fraction of sp³-hybridized carbons (Fsp3) is 0.280. The summed E-state index contributed by atoms with van der Waals surface area (Å²) in [5, 5.41) is 0.330. The first-order valence-electron chi connectivity index (χ1n) is 11.5. The van der Waals surface area contributed by atoms with Crippen LogP contribution in [0.3, 0.4) is 0 Å². The number of rotatable bonds is 8. The number of hydrogen-bond acceptors (Lipinski definition) is 10. The van der Waals surface area contributed by atoms with Crippen molar-refractivity contribution >= 4 is 45.6 Å². The van der Waals surface area contributed by atoms with E-state index in [9.17, 15) is 9.59 Å². The predicted octanol–water partition coefficient (Wildman–Crippen LogP) is 3.66. The molecule has 0 atom stereocenters. The molecule has 0 saturated heterocycles. The second kappa shape index (κ2) is 12.9. The van der Waals surface area contributed by atoms with Crippen LogP contribution in [0.5, 0.6) is 0 Å². The zero-order valence-electron chi connectivity index (χ0n) is 21.0. The van der Waals surface area contributed by atoms with Gasteiger partial charge in [0.1, 0.15) is 14.9 Å². The molecule has 38 heavy (non-hydrogen) atoms. The van der Waals surface area contributed by atoms with Crippen molar-refractivity contribution in [2.24, 2.45) is 9.98 Å². The third kappa shape index (κ3) is 6.53. The summed E-state index contributed by atoms with van der Waals surface area (Å²) in [5.74, 6) is -0.609. The number of aromatic nitrogens is 4. The molecule has 199 valence electrons. The molecular formula is C25H24CoN6O4S2. The van der Waals surface area contributed by atoms with Crippen molar-refractivity contribution < 1.29 is 35.8 Å². The van der Waals surface area contributed by atoms with Gasteiger partial charge in [0.2, 0.25) is 0 Å². The molecule has 0 aromatic carbocycles. The zero-order valence-corrected chi connectivity index (χ0v) is 23.7. The second-order valence-corrected chi connectivity index (χ2v) is 9.97. The molecule has 13 heteroatoms. The molecule has 0 fully saturated rings. The van der Waals surface area contributed by atoms with Crippen molar-refractivity contribution in [1.82, 2.24) is 19.9 Å². The average molecular weight is 596 g/mol. The number of carbonyl (C=O) groups is 2. The van der Waals surface area contributed by atoms with Gasteiger partial charge in [-0.25, -0.2) is 14.6 Å². The molecule has 0 aliphatic heterocycles. The SMILES string of the molecule is CCOC(=O)c1sc(/N=c2/cccc[n-]2)nc1C(C)(C)c1[n-]/c(=N\c2ccccn2)sc1C(=O)OCC.[Co+2]. The quantitative estimate of drug-likeness (QED) is 0.282. The minimum absolute atomic E-state index is 0. The fourth-order valence-corrected chi connectivity index (χ4v) is 5.38. The number of nitrogens with zero attached hydrogens (tertiary/aromatic N) is 6. The molecule has 10 nitrogen and oxygen atoms in total. The van der Waals surface area contributed by atoms with Gasteiger partial charge in [-0.05, 0) is 31.7 Å². The van der Waals surface area contributed by atoms with Gasteiger partial charge in [0.25, 0.3) is 0 Å². The summed E-state index contributed by atoms with van der Waals surface area (Å²) in [4.78, 5) is 53.5. The van der Waals surface area contributed by atoms with Crippen LogP contribution >= 0.6 is 22.7 Å². The molecule has 0 spiro atoms. The number of ether oxygens (including phenoxy) is 2. The summed E-state index contributed by atoms with van der Waals surface area (Å²) in [6.07, 6.45) is 3.24. The van der Waals surface area contributed by atoms with Gasteiger partial charge in [-0.3, -0.25) is 4.98 Å². The topological polar surface area (TPSA) is 131 Å². The first kappa shape index (κ1) is 29.2. The molecule has 0 amide bonds. The Morgan fingerprint density at radius 3 is 2.32 bits per heavy atom. The van der Waals surface area contributed by atoms with E-state index < -0.39 is 17.4 Å². The normalized spacial score (nSPS) is 12.2. The van der Waals surface area contributed by atoms with Crippen molar-refractivity contribution in [2.75, 3.05) is 13.2 Å². The third-order valence-corrected chi connectivity index (χ3v) is 6.91. The largest absolute Gasteiger partial charge is 2.00 e. The van der Waals surface area contributed by atoms with E-state index in [-0.39, 0.29) is 39.7 Å². The van der Waals surface area contributed by atoms with Gasteiger partial charge in [0.15, 0.2) is 0 Å². The van der Waals surface area contributed by atoms with E-state index in [4.69, 9.17) is 9.47 Å². The molecule has 4 heterocycles. The van der Waals surface area contributed by atoms with Gasteiger partial charge in [-0.15, -0.1) is 22.7 Å². The van der Waals surface area contributed by atoms with Crippen molar-refractivity contribution in [3.8, 4) is 0 Å². The molecule has 4 rings (SSSR count). The molecule has 0 bridgehead atoms.